The Bertz CT molecular complexity index is 895. The standard InChI is InChI=1S/C34H53FO/c1-22(2)9-8-10-23(3)27-15-16-28-25-13-14-29-26(21-24-11-6-7-12-31(24)35)32(36)18-20-34(29,5)30(25)17-19-33(27,28)4/h6-7,11-12,22-23,25-30,32,36H,8-10,13-21H2,1-5H3/t23-,25+,26+,27-,28+,29+,30+,32-,33-,34+/m1/s1. The Morgan fingerprint density at radius 2 is 1.56 bits per heavy atom. The van der Waals surface area contributed by atoms with Crippen LogP contribution in [0.15, 0.2) is 24.3 Å². The number of hydrogen-bond donors (Lipinski definition) is 1. The molecule has 4 fully saturated rings. The number of benzene rings is 1. The minimum atomic E-state index is -0.282. The zero-order valence-corrected chi connectivity index (χ0v) is 23.8. The third kappa shape index (κ3) is 4.60. The Morgan fingerprint density at radius 1 is 0.861 bits per heavy atom. The van der Waals surface area contributed by atoms with E-state index in [0.29, 0.717) is 23.2 Å². The summed E-state index contributed by atoms with van der Waals surface area (Å²) in [6.45, 7) is 12.6. The summed E-state index contributed by atoms with van der Waals surface area (Å²) in [5.41, 5.74) is 1.64. The van der Waals surface area contributed by atoms with Crippen molar-refractivity contribution < 1.29 is 9.50 Å². The van der Waals surface area contributed by atoms with E-state index in [9.17, 15) is 9.50 Å². The van der Waals surface area contributed by atoms with Gasteiger partial charge in [0.15, 0.2) is 0 Å². The van der Waals surface area contributed by atoms with Gasteiger partial charge in [0.05, 0.1) is 6.10 Å². The van der Waals surface area contributed by atoms with Crippen molar-refractivity contribution in [3.05, 3.63) is 35.6 Å². The van der Waals surface area contributed by atoms with E-state index in [1.54, 1.807) is 12.1 Å². The van der Waals surface area contributed by atoms with E-state index in [4.69, 9.17) is 0 Å². The van der Waals surface area contributed by atoms with Crippen LogP contribution in [0.1, 0.15) is 111 Å². The van der Waals surface area contributed by atoms with Crippen molar-refractivity contribution in [2.75, 3.05) is 0 Å². The van der Waals surface area contributed by atoms with Gasteiger partial charge in [0, 0.05) is 0 Å². The second kappa shape index (κ2) is 10.3. The van der Waals surface area contributed by atoms with Gasteiger partial charge in [0.1, 0.15) is 5.82 Å². The average Bonchev–Trinajstić information content (AvgIpc) is 3.19. The van der Waals surface area contributed by atoms with Crippen LogP contribution in [0.5, 0.6) is 0 Å². The first-order valence-corrected chi connectivity index (χ1v) is 15.6. The highest BCUT2D eigenvalue weighted by atomic mass is 19.1. The van der Waals surface area contributed by atoms with Crippen LogP contribution in [0, 0.1) is 64.0 Å². The van der Waals surface area contributed by atoms with Gasteiger partial charge < -0.3 is 5.11 Å². The predicted octanol–water partition coefficient (Wildman–Crippen LogP) is 9.08. The fourth-order valence-electron chi connectivity index (χ4n) is 10.7. The zero-order chi connectivity index (χ0) is 25.7. The molecular formula is C34H53FO. The van der Waals surface area contributed by atoms with Gasteiger partial charge in [0.2, 0.25) is 0 Å². The van der Waals surface area contributed by atoms with Gasteiger partial charge in [-0.25, -0.2) is 4.39 Å². The van der Waals surface area contributed by atoms with Crippen LogP contribution in [0.25, 0.3) is 0 Å². The van der Waals surface area contributed by atoms with E-state index in [1.807, 2.05) is 12.1 Å². The second-order valence-electron chi connectivity index (χ2n) is 14.7. The van der Waals surface area contributed by atoms with Gasteiger partial charge in [-0.1, -0.05) is 72.1 Å². The molecule has 1 N–H and O–H groups in total. The SMILES string of the molecule is CC(C)CCC[C@@H](C)[C@H]1CC[C@H]2[C@@H]3CC[C@H]4[C@H](Cc5ccccc5F)[C@H](O)CC[C@]4(C)[C@H]3CC[C@]12C. The highest BCUT2D eigenvalue weighted by Gasteiger charge is 2.61. The molecule has 0 heterocycles. The summed E-state index contributed by atoms with van der Waals surface area (Å²) in [5.74, 6) is 5.77. The molecule has 0 aromatic heterocycles. The fourth-order valence-corrected chi connectivity index (χ4v) is 10.7. The molecule has 36 heavy (non-hydrogen) atoms. The van der Waals surface area contributed by atoms with Gasteiger partial charge in [-0.15, -0.1) is 0 Å². The monoisotopic (exact) mass is 496 g/mol. The van der Waals surface area contributed by atoms with Gasteiger partial charge in [-0.2, -0.15) is 0 Å². The quantitative estimate of drug-likeness (QED) is 0.399. The summed E-state index contributed by atoms with van der Waals surface area (Å²) in [6.07, 6.45) is 14.9. The molecule has 0 aliphatic heterocycles. The van der Waals surface area contributed by atoms with E-state index in [1.165, 1.54) is 57.8 Å². The molecule has 0 spiro atoms. The first kappa shape index (κ1) is 26.7. The van der Waals surface area contributed by atoms with Crippen LogP contribution in [0.3, 0.4) is 0 Å². The van der Waals surface area contributed by atoms with E-state index >= 15 is 0 Å². The van der Waals surface area contributed by atoms with Crippen molar-refractivity contribution in [1.29, 1.82) is 0 Å². The van der Waals surface area contributed by atoms with Crippen LogP contribution >= 0.6 is 0 Å². The molecule has 1 nitrogen and oxygen atoms in total. The number of halogens is 1. The lowest BCUT2D eigenvalue weighted by molar-refractivity contribution is -0.152. The molecule has 0 bridgehead atoms. The fraction of sp³-hybridized carbons (Fsp3) is 0.824. The van der Waals surface area contributed by atoms with E-state index in [2.05, 4.69) is 34.6 Å². The molecule has 2 heteroatoms. The third-order valence-electron chi connectivity index (χ3n) is 12.5. The summed E-state index contributed by atoms with van der Waals surface area (Å²) in [5, 5.41) is 11.1. The number of rotatable bonds is 7. The summed E-state index contributed by atoms with van der Waals surface area (Å²) in [4.78, 5) is 0. The van der Waals surface area contributed by atoms with Crippen molar-refractivity contribution in [3.8, 4) is 0 Å². The highest BCUT2D eigenvalue weighted by molar-refractivity contribution is 5.20. The van der Waals surface area contributed by atoms with Gasteiger partial charge >= 0.3 is 0 Å². The third-order valence-corrected chi connectivity index (χ3v) is 12.5. The lowest BCUT2D eigenvalue weighted by Crippen LogP contribution is -2.57. The Balaban J connectivity index is 1.32. The van der Waals surface area contributed by atoms with E-state index in [-0.39, 0.29) is 17.8 Å². The molecule has 1 aromatic carbocycles. The minimum Gasteiger partial charge on any atom is -0.393 e. The number of hydrogen-bond acceptors (Lipinski definition) is 1. The molecule has 0 saturated heterocycles. The Morgan fingerprint density at radius 3 is 2.31 bits per heavy atom. The van der Waals surface area contributed by atoms with E-state index in [0.717, 1.165) is 53.9 Å². The smallest absolute Gasteiger partial charge is 0.126 e. The van der Waals surface area contributed by atoms with Crippen molar-refractivity contribution >= 4 is 0 Å². The maximum Gasteiger partial charge on any atom is 0.126 e. The number of aliphatic hydroxyl groups is 1. The maximum atomic E-state index is 14.6. The van der Waals surface area contributed by atoms with Crippen molar-refractivity contribution in [2.45, 2.75) is 118 Å². The van der Waals surface area contributed by atoms with Crippen molar-refractivity contribution in [2.24, 2.45) is 58.2 Å². The highest BCUT2D eigenvalue weighted by Crippen LogP contribution is 2.69. The normalized spacial score (nSPS) is 43.1. The first-order valence-electron chi connectivity index (χ1n) is 15.6. The maximum absolute atomic E-state index is 14.6. The molecule has 0 amide bonds. The van der Waals surface area contributed by atoms with Gasteiger partial charge in [0.25, 0.3) is 0 Å². The number of fused-ring (bicyclic) bond motifs is 5. The number of aliphatic hydroxyl groups excluding tert-OH is 1. The van der Waals surface area contributed by atoms with Crippen LogP contribution < -0.4 is 0 Å². The largest absolute Gasteiger partial charge is 0.393 e. The Hall–Kier alpha value is -0.890. The summed E-state index contributed by atoms with van der Waals surface area (Å²) >= 11 is 0. The van der Waals surface area contributed by atoms with E-state index < -0.39 is 0 Å². The van der Waals surface area contributed by atoms with Crippen molar-refractivity contribution in [3.63, 3.8) is 0 Å². The van der Waals surface area contributed by atoms with Crippen LogP contribution in [0.4, 0.5) is 4.39 Å². The average molecular weight is 497 g/mol. The topological polar surface area (TPSA) is 20.2 Å². The molecule has 1 aromatic rings. The summed E-state index contributed by atoms with van der Waals surface area (Å²) < 4.78 is 14.6. The molecule has 202 valence electrons. The molecular weight excluding hydrogens is 443 g/mol. The lowest BCUT2D eigenvalue weighted by Gasteiger charge is -2.63. The minimum absolute atomic E-state index is 0.0985. The van der Waals surface area contributed by atoms with Gasteiger partial charge in [-0.05, 0) is 128 Å². The lowest BCUT2D eigenvalue weighted by atomic mass is 9.42. The molecule has 4 aliphatic rings. The van der Waals surface area contributed by atoms with Crippen LogP contribution in [0.2, 0.25) is 0 Å². The molecule has 5 rings (SSSR count). The molecule has 4 saturated carbocycles. The Kier molecular flexibility index (Phi) is 7.68. The van der Waals surface area contributed by atoms with Crippen LogP contribution in [-0.4, -0.2) is 11.2 Å². The summed E-state index contributed by atoms with van der Waals surface area (Å²) in [6, 6.07) is 7.26. The molecule has 4 aliphatic carbocycles. The molecule has 10 atom stereocenters. The second-order valence-corrected chi connectivity index (χ2v) is 14.7. The predicted molar refractivity (Wildman–Crippen MR) is 148 cm³/mol. The zero-order valence-electron chi connectivity index (χ0n) is 23.8. The Labute approximate surface area is 221 Å². The first-order chi connectivity index (χ1) is 17.1. The van der Waals surface area contributed by atoms with Gasteiger partial charge in [-0.3, -0.25) is 0 Å². The molecule has 0 unspecified atom stereocenters. The summed E-state index contributed by atoms with van der Waals surface area (Å²) in [7, 11) is 0. The van der Waals surface area contributed by atoms with Crippen molar-refractivity contribution in [1.82, 2.24) is 0 Å². The molecule has 0 radical (unpaired) electrons. The van der Waals surface area contributed by atoms with Crippen LogP contribution in [-0.2, 0) is 6.42 Å².